The van der Waals surface area contributed by atoms with E-state index in [2.05, 4.69) is 0 Å². The molecule has 0 radical (unpaired) electrons. The van der Waals surface area contributed by atoms with Gasteiger partial charge < -0.3 is 9.84 Å². The molecule has 1 heterocycles. The molecule has 0 amide bonds. The number of benzene rings is 1. The molecule has 0 unspecified atom stereocenters. The van der Waals surface area contributed by atoms with E-state index in [0.717, 1.165) is 36.7 Å². The Morgan fingerprint density at radius 2 is 2.18 bits per heavy atom. The molecule has 1 aliphatic heterocycles. The maximum atomic E-state index is 11.0. The number of allylic oxidation sites excluding steroid dienone is 2. The fourth-order valence-corrected chi connectivity index (χ4v) is 2.34. The Bertz CT molecular complexity index is 553. The largest absolute Gasteiger partial charge is 0.504 e. The summed E-state index contributed by atoms with van der Waals surface area (Å²) in [4.78, 5) is 11.0. The number of aromatic hydroxyl groups is 1. The Kier molecular flexibility index (Phi) is 2.25. The lowest BCUT2D eigenvalue weighted by Crippen LogP contribution is -2.13. The van der Waals surface area contributed by atoms with E-state index in [1.54, 1.807) is 12.1 Å². The van der Waals surface area contributed by atoms with Crippen LogP contribution in [0.4, 0.5) is 0 Å². The van der Waals surface area contributed by atoms with Gasteiger partial charge in [0.15, 0.2) is 11.5 Å². The van der Waals surface area contributed by atoms with Crippen LogP contribution in [0.2, 0.25) is 0 Å². The molecular weight excluding hydrogens is 216 g/mol. The Balaban J connectivity index is 2.19. The number of phenols is 1. The van der Waals surface area contributed by atoms with Gasteiger partial charge in [0.25, 0.3) is 0 Å². The normalized spacial score (nSPS) is 17.8. The molecule has 0 saturated carbocycles. The van der Waals surface area contributed by atoms with Crippen LogP contribution in [-0.4, -0.2) is 11.4 Å². The van der Waals surface area contributed by atoms with Crippen LogP contribution in [0.3, 0.4) is 0 Å². The molecule has 2 aliphatic rings. The minimum Gasteiger partial charge on any atom is -0.504 e. The summed E-state index contributed by atoms with van der Waals surface area (Å²) in [6.07, 6.45) is 5.49. The highest BCUT2D eigenvalue weighted by Gasteiger charge is 2.25. The molecule has 17 heavy (non-hydrogen) atoms. The van der Waals surface area contributed by atoms with Gasteiger partial charge >= 0.3 is 0 Å². The Labute approximate surface area is 99.0 Å². The van der Waals surface area contributed by atoms with Crippen LogP contribution in [0.15, 0.2) is 35.1 Å². The van der Waals surface area contributed by atoms with E-state index in [0.29, 0.717) is 17.1 Å². The number of fused-ring (bicyclic) bond motifs is 2. The van der Waals surface area contributed by atoms with Crippen molar-refractivity contribution in [2.24, 2.45) is 0 Å². The highest BCUT2D eigenvalue weighted by molar-refractivity contribution is 5.80. The number of carbonyl (C=O) groups is 1. The molecule has 0 saturated heterocycles. The van der Waals surface area contributed by atoms with Crippen LogP contribution >= 0.6 is 0 Å². The van der Waals surface area contributed by atoms with Gasteiger partial charge in [-0.1, -0.05) is 12.1 Å². The predicted molar refractivity (Wildman–Crippen MR) is 63.7 cm³/mol. The summed E-state index contributed by atoms with van der Waals surface area (Å²) < 4.78 is 5.70. The van der Waals surface area contributed by atoms with E-state index >= 15 is 0 Å². The van der Waals surface area contributed by atoms with Crippen molar-refractivity contribution in [1.29, 1.82) is 0 Å². The number of carbonyl (C=O) groups excluding carboxylic acids is 1. The second kappa shape index (κ2) is 3.77. The van der Waals surface area contributed by atoms with Crippen molar-refractivity contribution in [3.63, 3.8) is 0 Å². The molecular formula is C14H12O3. The number of rotatable bonds is 1. The molecule has 3 nitrogen and oxygen atoms in total. The Morgan fingerprint density at radius 1 is 1.29 bits per heavy atom. The molecule has 1 aromatic rings. The summed E-state index contributed by atoms with van der Waals surface area (Å²) in [5.41, 5.74) is 2.61. The summed E-state index contributed by atoms with van der Waals surface area (Å²) in [7, 11) is 0. The third-order valence-corrected chi connectivity index (χ3v) is 3.18. The first-order valence-corrected chi connectivity index (χ1v) is 5.68. The lowest BCUT2D eigenvalue weighted by molar-refractivity contribution is -0.105. The van der Waals surface area contributed by atoms with E-state index in [1.165, 1.54) is 0 Å². The van der Waals surface area contributed by atoms with Gasteiger partial charge in [-0.05, 0) is 37.0 Å². The summed E-state index contributed by atoms with van der Waals surface area (Å²) in [6, 6.07) is 5.27. The average molecular weight is 228 g/mol. The van der Waals surface area contributed by atoms with Crippen LogP contribution in [0.25, 0.3) is 6.08 Å². The van der Waals surface area contributed by atoms with Gasteiger partial charge in [0.1, 0.15) is 12.0 Å². The highest BCUT2D eigenvalue weighted by atomic mass is 16.5. The number of phenolic OH excluding ortho intramolecular Hbond substituents is 1. The van der Waals surface area contributed by atoms with Crippen LogP contribution < -0.4 is 4.74 Å². The highest BCUT2D eigenvalue weighted by Crippen LogP contribution is 2.42. The van der Waals surface area contributed by atoms with Crippen LogP contribution in [0.5, 0.6) is 11.5 Å². The van der Waals surface area contributed by atoms with E-state index < -0.39 is 0 Å². The molecule has 1 aliphatic carbocycles. The van der Waals surface area contributed by atoms with E-state index in [1.807, 2.05) is 12.1 Å². The summed E-state index contributed by atoms with van der Waals surface area (Å²) in [6.45, 7) is 0. The third-order valence-electron chi connectivity index (χ3n) is 3.18. The Morgan fingerprint density at radius 3 is 3.00 bits per heavy atom. The maximum Gasteiger partial charge on any atom is 0.176 e. The van der Waals surface area contributed by atoms with Crippen molar-refractivity contribution >= 4 is 12.4 Å². The molecule has 0 aromatic heterocycles. The molecule has 1 N–H and O–H groups in total. The van der Waals surface area contributed by atoms with Crippen LogP contribution in [0.1, 0.15) is 24.8 Å². The molecule has 0 spiro atoms. The second-order valence-electron chi connectivity index (χ2n) is 4.29. The van der Waals surface area contributed by atoms with Gasteiger partial charge in [0.2, 0.25) is 0 Å². The van der Waals surface area contributed by atoms with Crippen molar-refractivity contribution < 1.29 is 14.6 Å². The molecule has 86 valence electrons. The Hall–Kier alpha value is -2.03. The monoisotopic (exact) mass is 228 g/mol. The minimum atomic E-state index is 0.112. The first-order valence-electron chi connectivity index (χ1n) is 5.68. The maximum absolute atomic E-state index is 11.0. The zero-order valence-corrected chi connectivity index (χ0v) is 9.27. The van der Waals surface area contributed by atoms with Crippen molar-refractivity contribution in [3.05, 3.63) is 40.7 Å². The van der Waals surface area contributed by atoms with E-state index in [4.69, 9.17) is 4.74 Å². The summed E-state index contributed by atoms with van der Waals surface area (Å²) >= 11 is 0. The second-order valence-corrected chi connectivity index (χ2v) is 4.29. The van der Waals surface area contributed by atoms with E-state index in [-0.39, 0.29) is 5.75 Å². The summed E-state index contributed by atoms with van der Waals surface area (Å²) in [5, 5.41) is 9.74. The van der Waals surface area contributed by atoms with Crippen molar-refractivity contribution in [1.82, 2.24) is 0 Å². The number of hydrogen-bond donors (Lipinski definition) is 1. The van der Waals surface area contributed by atoms with Gasteiger partial charge in [-0.3, -0.25) is 4.79 Å². The molecule has 3 rings (SSSR count). The lowest BCUT2D eigenvalue weighted by Gasteiger charge is -2.25. The quantitative estimate of drug-likeness (QED) is 0.752. The number of aldehydes is 1. The number of hydrogen-bond acceptors (Lipinski definition) is 3. The van der Waals surface area contributed by atoms with Gasteiger partial charge in [-0.25, -0.2) is 0 Å². The smallest absolute Gasteiger partial charge is 0.176 e. The standard InChI is InChI=1S/C14H12O3/c15-8-11-5-1-3-9-7-10-4-2-6-12(16)14(10)17-13(9)11/h2,4,6-8,16H,1,3,5H2. The molecule has 1 aromatic carbocycles. The lowest BCUT2D eigenvalue weighted by atomic mass is 9.90. The first kappa shape index (κ1) is 10.1. The van der Waals surface area contributed by atoms with Crippen LogP contribution in [-0.2, 0) is 4.79 Å². The minimum absolute atomic E-state index is 0.112. The van der Waals surface area contributed by atoms with Crippen molar-refractivity contribution in [2.45, 2.75) is 19.3 Å². The fourth-order valence-electron chi connectivity index (χ4n) is 2.34. The van der Waals surface area contributed by atoms with Gasteiger partial charge in [0, 0.05) is 11.1 Å². The SMILES string of the molecule is O=CC1=C2Oc3c(O)cccc3C=C2CCC1. The van der Waals surface area contributed by atoms with Crippen LogP contribution in [0, 0.1) is 0 Å². The first-order chi connectivity index (χ1) is 8.29. The van der Waals surface area contributed by atoms with Crippen molar-refractivity contribution in [2.75, 3.05) is 0 Å². The predicted octanol–water partition coefficient (Wildman–Crippen LogP) is 2.80. The molecule has 0 bridgehead atoms. The molecule has 0 fully saturated rings. The molecule has 3 heteroatoms. The van der Waals surface area contributed by atoms with E-state index in [9.17, 15) is 9.90 Å². The summed E-state index contributed by atoms with van der Waals surface area (Å²) in [5.74, 6) is 1.20. The zero-order valence-electron chi connectivity index (χ0n) is 9.27. The fraction of sp³-hybridized carbons (Fsp3) is 0.214. The van der Waals surface area contributed by atoms with Gasteiger partial charge in [-0.2, -0.15) is 0 Å². The van der Waals surface area contributed by atoms with Gasteiger partial charge in [0.05, 0.1) is 0 Å². The van der Waals surface area contributed by atoms with Gasteiger partial charge in [-0.15, -0.1) is 0 Å². The third kappa shape index (κ3) is 1.55. The number of ether oxygens (including phenoxy) is 1. The zero-order chi connectivity index (χ0) is 11.8. The molecule has 0 atom stereocenters. The average Bonchev–Trinajstić information content (AvgIpc) is 2.36. The van der Waals surface area contributed by atoms with Crippen molar-refractivity contribution in [3.8, 4) is 11.5 Å². The number of para-hydroxylation sites is 1. The topological polar surface area (TPSA) is 46.5 Å².